The van der Waals surface area contributed by atoms with E-state index < -0.39 is 0 Å². The first kappa shape index (κ1) is 14.0. The SMILES string of the molecule is CC.CC.CC(=O)N1CC2=C(C1)C1CC1C=C2. The van der Waals surface area contributed by atoms with Crippen LogP contribution in [0.1, 0.15) is 41.0 Å². The van der Waals surface area contributed by atoms with Gasteiger partial charge in [0.25, 0.3) is 0 Å². The maximum atomic E-state index is 11.2. The van der Waals surface area contributed by atoms with E-state index in [0.717, 1.165) is 24.9 Å². The molecule has 1 heterocycles. The molecule has 0 radical (unpaired) electrons. The molecule has 2 aliphatic carbocycles. The lowest BCUT2D eigenvalue weighted by Crippen LogP contribution is -2.26. The molecule has 3 aliphatic rings. The summed E-state index contributed by atoms with van der Waals surface area (Å²) < 4.78 is 0. The number of hydrogen-bond donors (Lipinski definition) is 0. The van der Waals surface area contributed by atoms with Gasteiger partial charge in [-0.3, -0.25) is 4.79 Å². The highest BCUT2D eigenvalue weighted by Gasteiger charge is 2.43. The van der Waals surface area contributed by atoms with Gasteiger partial charge < -0.3 is 4.90 Å². The van der Waals surface area contributed by atoms with Crippen LogP contribution >= 0.6 is 0 Å². The Balaban J connectivity index is 0.000000330. The summed E-state index contributed by atoms with van der Waals surface area (Å²) in [5, 5.41) is 0. The molecule has 0 N–H and O–H groups in total. The van der Waals surface area contributed by atoms with Crippen LogP contribution in [0.25, 0.3) is 0 Å². The van der Waals surface area contributed by atoms with Crippen LogP contribution in [-0.4, -0.2) is 23.9 Å². The molecule has 0 aromatic rings. The lowest BCUT2D eigenvalue weighted by Gasteiger charge is -2.12. The maximum absolute atomic E-state index is 11.2. The second-order valence-electron chi connectivity index (χ2n) is 4.29. The Morgan fingerprint density at radius 3 is 2.47 bits per heavy atom. The Morgan fingerprint density at radius 1 is 1.24 bits per heavy atom. The molecule has 1 aliphatic heterocycles. The molecule has 17 heavy (non-hydrogen) atoms. The van der Waals surface area contributed by atoms with E-state index in [1.165, 1.54) is 12.0 Å². The lowest BCUT2D eigenvalue weighted by molar-refractivity contribution is -0.127. The van der Waals surface area contributed by atoms with Crippen LogP contribution < -0.4 is 0 Å². The zero-order valence-corrected chi connectivity index (χ0v) is 11.8. The Bertz CT molecular complexity index is 341. The number of fused-ring (bicyclic) bond motifs is 2. The van der Waals surface area contributed by atoms with Gasteiger partial charge in [-0.1, -0.05) is 39.8 Å². The minimum atomic E-state index is 0.208. The number of allylic oxidation sites excluding steroid dienone is 1. The van der Waals surface area contributed by atoms with Gasteiger partial charge in [0.05, 0.1) is 0 Å². The van der Waals surface area contributed by atoms with E-state index in [2.05, 4.69) is 12.2 Å². The molecule has 0 aromatic heterocycles. The van der Waals surface area contributed by atoms with Crippen molar-refractivity contribution in [3.05, 3.63) is 23.3 Å². The Hall–Kier alpha value is -1.05. The van der Waals surface area contributed by atoms with Gasteiger partial charge in [-0.15, -0.1) is 0 Å². The smallest absolute Gasteiger partial charge is 0.220 e. The molecule has 0 spiro atoms. The summed E-state index contributed by atoms with van der Waals surface area (Å²) in [6.45, 7) is 11.4. The molecule has 3 rings (SSSR count). The zero-order chi connectivity index (χ0) is 13.0. The minimum absolute atomic E-state index is 0.208. The van der Waals surface area contributed by atoms with Crippen molar-refractivity contribution in [1.82, 2.24) is 4.90 Å². The summed E-state index contributed by atoms with van der Waals surface area (Å²) in [4.78, 5) is 13.1. The number of nitrogens with zero attached hydrogens (tertiary/aromatic N) is 1. The van der Waals surface area contributed by atoms with E-state index in [1.54, 1.807) is 12.5 Å². The van der Waals surface area contributed by atoms with Crippen LogP contribution in [-0.2, 0) is 4.79 Å². The third-order valence-corrected chi connectivity index (χ3v) is 3.41. The second kappa shape index (κ2) is 6.04. The molecule has 1 amide bonds. The number of carbonyl (C=O) groups is 1. The molecule has 96 valence electrons. The first-order valence-corrected chi connectivity index (χ1v) is 6.91. The van der Waals surface area contributed by atoms with Crippen molar-refractivity contribution in [1.29, 1.82) is 0 Å². The zero-order valence-electron chi connectivity index (χ0n) is 11.8. The third-order valence-electron chi connectivity index (χ3n) is 3.41. The molecular weight excluding hydrogens is 210 g/mol. The van der Waals surface area contributed by atoms with Crippen molar-refractivity contribution < 1.29 is 4.79 Å². The van der Waals surface area contributed by atoms with Crippen LogP contribution in [0.2, 0.25) is 0 Å². The predicted octanol–water partition coefficient (Wildman–Crippen LogP) is 3.40. The lowest BCUT2D eigenvalue weighted by atomic mass is 10.0. The second-order valence-corrected chi connectivity index (χ2v) is 4.29. The number of hydrogen-bond acceptors (Lipinski definition) is 1. The topological polar surface area (TPSA) is 20.3 Å². The van der Waals surface area contributed by atoms with Gasteiger partial charge in [-0.05, 0) is 29.4 Å². The largest absolute Gasteiger partial charge is 0.335 e. The monoisotopic (exact) mass is 235 g/mol. The first-order chi connectivity index (χ1) is 8.25. The molecule has 0 bridgehead atoms. The summed E-state index contributed by atoms with van der Waals surface area (Å²) in [5.74, 6) is 1.81. The van der Waals surface area contributed by atoms with E-state index >= 15 is 0 Å². The predicted molar refractivity (Wildman–Crippen MR) is 72.7 cm³/mol. The molecular formula is C15H25NO. The molecule has 2 unspecified atom stereocenters. The Labute approximate surface area is 105 Å². The van der Waals surface area contributed by atoms with Gasteiger partial charge >= 0.3 is 0 Å². The van der Waals surface area contributed by atoms with Crippen molar-refractivity contribution in [3.8, 4) is 0 Å². The molecule has 1 saturated carbocycles. The van der Waals surface area contributed by atoms with E-state index in [1.807, 2.05) is 32.6 Å². The van der Waals surface area contributed by atoms with Crippen LogP contribution in [0, 0.1) is 11.8 Å². The van der Waals surface area contributed by atoms with Crippen molar-refractivity contribution in [3.63, 3.8) is 0 Å². The standard InChI is InChI=1S/C11H13NO.2C2H6/c1-7(13)12-5-9-3-2-8-4-10(8)11(9)6-12;2*1-2/h2-3,8,10H,4-6H2,1H3;2*1-2H3. The van der Waals surface area contributed by atoms with E-state index in [9.17, 15) is 4.79 Å². The molecule has 2 nitrogen and oxygen atoms in total. The molecule has 2 atom stereocenters. The van der Waals surface area contributed by atoms with Crippen LogP contribution in [0.3, 0.4) is 0 Å². The average molecular weight is 235 g/mol. The fourth-order valence-electron chi connectivity index (χ4n) is 2.48. The highest BCUT2D eigenvalue weighted by molar-refractivity contribution is 5.75. The van der Waals surface area contributed by atoms with E-state index in [4.69, 9.17) is 0 Å². The average Bonchev–Trinajstić information content (AvgIpc) is 3.04. The minimum Gasteiger partial charge on any atom is -0.335 e. The Morgan fingerprint density at radius 2 is 1.88 bits per heavy atom. The number of carbonyl (C=O) groups excluding carboxylic acids is 1. The van der Waals surface area contributed by atoms with Crippen LogP contribution in [0.15, 0.2) is 23.3 Å². The fourth-order valence-corrected chi connectivity index (χ4v) is 2.48. The summed E-state index contributed by atoms with van der Waals surface area (Å²) in [5.41, 5.74) is 2.96. The van der Waals surface area contributed by atoms with Crippen molar-refractivity contribution in [2.75, 3.05) is 13.1 Å². The van der Waals surface area contributed by atoms with Gasteiger partial charge in [0, 0.05) is 20.0 Å². The van der Waals surface area contributed by atoms with Crippen LogP contribution in [0.4, 0.5) is 0 Å². The van der Waals surface area contributed by atoms with Gasteiger partial charge in [0.15, 0.2) is 0 Å². The third kappa shape index (κ3) is 2.80. The number of amides is 1. The molecule has 0 aromatic carbocycles. The quantitative estimate of drug-likeness (QED) is 0.630. The summed E-state index contributed by atoms with van der Waals surface area (Å²) in [7, 11) is 0. The van der Waals surface area contributed by atoms with E-state index in [-0.39, 0.29) is 5.91 Å². The molecule has 2 heteroatoms. The molecule has 0 saturated heterocycles. The van der Waals surface area contributed by atoms with Crippen molar-refractivity contribution >= 4 is 5.91 Å². The number of rotatable bonds is 0. The van der Waals surface area contributed by atoms with Crippen molar-refractivity contribution in [2.24, 2.45) is 11.8 Å². The summed E-state index contributed by atoms with van der Waals surface area (Å²) in [6.07, 6.45) is 5.86. The summed E-state index contributed by atoms with van der Waals surface area (Å²) in [6, 6.07) is 0. The van der Waals surface area contributed by atoms with Crippen LogP contribution in [0.5, 0.6) is 0 Å². The maximum Gasteiger partial charge on any atom is 0.220 e. The van der Waals surface area contributed by atoms with Gasteiger partial charge in [-0.25, -0.2) is 0 Å². The van der Waals surface area contributed by atoms with Gasteiger partial charge in [0.2, 0.25) is 5.91 Å². The van der Waals surface area contributed by atoms with Crippen molar-refractivity contribution in [2.45, 2.75) is 41.0 Å². The molecule has 1 fully saturated rings. The summed E-state index contributed by atoms with van der Waals surface area (Å²) >= 11 is 0. The Kier molecular flexibility index (Phi) is 4.98. The highest BCUT2D eigenvalue weighted by Crippen LogP contribution is 2.50. The normalized spacial score (nSPS) is 27.2. The first-order valence-electron chi connectivity index (χ1n) is 6.91. The highest BCUT2D eigenvalue weighted by atomic mass is 16.2. The van der Waals surface area contributed by atoms with Gasteiger partial charge in [-0.2, -0.15) is 0 Å². The van der Waals surface area contributed by atoms with E-state index in [0.29, 0.717) is 0 Å². The fraction of sp³-hybridized carbons (Fsp3) is 0.667. The van der Waals surface area contributed by atoms with Gasteiger partial charge in [0.1, 0.15) is 0 Å².